The molecule has 0 aliphatic heterocycles. The zero-order valence-electron chi connectivity index (χ0n) is 30.1. The van der Waals surface area contributed by atoms with E-state index in [9.17, 15) is 0 Å². The number of anilines is 3. The number of hydrogen-bond acceptors (Lipinski definition) is 2. The number of rotatable bonds is 6. The van der Waals surface area contributed by atoms with Crippen LogP contribution >= 0.6 is 11.3 Å². The normalized spacial score (nSPS) is 12.9. The van der Waals surface area contributed by atoms with Gasteiger partial charge in [-0.25, -0.2) is 0 Å². The summed E-state index contributed by atoms with van der Waals surface area (Å²) in [5, 5.41) is 5.09. The highest BCUT2D eigenvalue weighted by Gasteiger charge is 2.46. The van der Waals surface area contributed by atoms with E-state index in [-0.39, 0.29) is 0 Å². The molecule has 1 heterocycles. The summed E-state index contributed by atoms with van der Waals surface area (Å²) < 4.78 is 2.62. The molecule has 55 heavy (non-hydrogen) atoms. The van der Waals surface area contributed by atoms with E-state index in [1.54, 1.807) is 0 Å². The smallest absolute Gasteiger partial charge is 0.0713 e. The van der Waals surface area contributed by atoms with Gasteiger partial charge in [-0.05, 0) is 93.0 Å². The zero-order chi connectivity index (χ0) is 36.3. The van der Waals surface area contributed by atoms with E-state index in [1.807, 2.05) is 11.3 Å². The van der Waals surface area contributed by atoms with Crippen molar-refractivity contribution in [3.63, 3.8) is 0 Å². The van der Waals surface area contributed by atoms with Gasteiger partial charge in [0.25, 0.3) is 0 Å². The van der Waals surface area contributed by atoms with E-state index < -0.39 is 5.41 Å². The van der Waals surface area contributed by atoms with E-state index in [0.29, 0.717) is 0 Å². The highest BCUT2D eigenvalue weighted by atomic mass is 32.1. The number of benzene rings is 9. The van der Waals surface area contributed by atoms with Crippen LogP contribution < -0.4 is 4.90 Å². The van der Waals surface area contributed by atoms with Crippen LogP contribution in [0, 0.1) is 0 Å². The molecule has 0 amide bonds. The monoisotopic (exact) mass is 717 g/mol. The number of para-hydroxylation sites is 2. The lowest BCUT2D eigenvalue weighted by molar-refractivity contribution is 0.769. The SMILES string of the molecule is c1ccc(N(c2ccccc2)c2cc3c4cc(-c5ccc6c(c5)C(c5ccccc5)(c5ccccc5)c5ccccc5-6)ccc4sc3c3ccccc23)cc1. The van der Waals surface area contributed by atoms with E-state index >= 15 is 0 Å². The Hall–Kier alpha value is -6.74. The Labute approximate surface area is 325 Å². The molecule has 1 aliphatic rings. The molecule has 1 nitrogen and oxygen atoms in total. The number of hydrogen-bond donors (Lipinski definition) is 0. The molecule has 0 saturated carbocycles. The van der Waals surface area contributed by atoms with Gasteiger partial charge in [-0.2, -0.15) is 0 Å². The van der Waals surface area contributed by atoms with Crippen LogP contribution in [0.3, 0.4) is 0 Å². The average molecular weight is 718 g/mol. The van der Waals surface area contributed by atoms with E-state index in [4.69, 9.17) is 0 Å². The Balaban J connectivity index is 1.14. The maximum Gasteiger partial charge on any atom is 0.0713 e. The van der Waals surface area contributed by atoms with E-state index in [1.165, 1.54) is 81.1 Å². The van der Waals surface area contributed by atoms with Gasteiger partial charge in [0.2, 0.25) is 0 Å². The summed E-state index contributed by atoms with van der Waals surface area (Å²) in [6.07, 6.45) is 0. The van der Waals surface area contributed by atoms with Gasteiger partial charge in [0.1, 0.15) is 0 Å². The quantitative estimate of drug-likeness (QED) is 0.166. The van der Waals surface area contributed by atoms with Crippen molar-refractivity contribution in [1.29, 1.82) is 0 Å². The van der Waals surface area contributed by atoms with Crippen molar-refractivity contribution >= 4 is 59.3 Å². The highest BCUT2D eigenvalue weighted by Crippen LogP contribution is 2.57. The summed E-state index contributed by atoms with van der Waals surface area (Å²) in [6, 6.07) is 78.1. The predicted octanol–water partition coefficient (Wildman–Crippen LogP) is 14.7. The van der Waals surface area contributed by atoms with Gasteiger partial charge < -0.3 is 4.90 Å². The second-order valence-electron chi connectivity index (χ2n) is 14.4. The second kappa shape index (κ2) is 12.7. The first-order valence-corrected chi connectivity index (χ1v) is 19.7. The minimum absolute atomic E-state index is 0.435. The molecule has 10 aromatic rings. The van der Waals surface area contributed by atoms with E-state index in [2.05, 4.69) is 217 Å². The third kappa shape index (κ3) is 4.85. The van der Waals surface area contributed by atoms with Gasteiger partial charge in [-0.1, -0.05) is 164 Å². The Kier molecular flexibility index (Phi) is 7.33. The molecule has 0 N–H and O–H groups in total. The van der Waals surface area contributed by atoms with E-state index in [0.717, 1.165) is 11.4 Å². The molecular formula is C53H35NS. The minimum Gasteiger partial charge on any atom is -0.310 e. The first-order chi connectivity index (χ1) is 27.3. The molecule has 0 saturated heterocycles. The predicted molar refractivity (Wildman–Crippen MR) is 234 cm³/mol. The lowest BCUT2D eigenvalue weighted by Crippen LogP contribution is -2.28. The average Bonchev–Trinajstić information content (AvgIpc) is 3.78. The summed E-state index contributed by atoms with van der Waals surface area (Å²) in [5.74, 6) is 0. The van der Waals surface area contributed by atoms with Crippen LogP contribution in [0.2, 0.25) is 0 Å². The maximum absolute atomic E-state index is 2.47. The third-order valence-electron chi connectivity index (χ3n) is 11.5. The van der Waals surface area contributed by atoms with Crippen LogP contribution in [-0.2, 0) is 5.41 Å². The van der Waals surface area contributed by atoms with Crippen LogP contribution in [0.5, 0.6) is 0 Å². The summed E-state index contributed by atoms with van der Waals surface area (Å²) in [4.78, 5) is 2.40. The molecule has 11 rings (SSSR count). The molecule has 1 aliphatic carbocycles. The summed E-state index contributed by atoms with van der Waals surface area (Å²) in [5.41, 5.74) is 13.3. The largest absolute Gasteiger partial charge is 0.310 e. The van der Waals surface area contributed by atoms with Crippen LogP contribution in [0.1, 0.15) is 22.3 Å². The van der Waals surface area contributed by atoms with Gasteiger partial charge >= 0.3 is 0 Å². The molecular weight excluding hydrogens is 683 g/mol. The number of thiophene rings is 1. The fourth-order valence-corrected chi connectivity index (χ4v) is 10.4. The summed E-state index contributed by atoms with van der Waals surface area (Å²) in [6.45, 7) is 0. The van der Waals surface area contributed by atoms with Crippen molar-refractivity contribution in [3.8, 4) is 22.3 Å². The van der Waals surface area contributed by atoms with Crippen molar-refractivity contribution in [2.75, 3.05) is 4.90 Å². The molecule has 0 spiro atoms. The van der Waals surface area contributed by atoms with Gasteiger partial charge in [0.05, 0.1) is 11.1 Å². The maximum atomic E-state index is 2.47. The first kappa shape index (κ1) is 31.8. The minimum atomic E-state index is -0.435. The number of fused-ring (bicyclic) bond motifs is 8. The summed E-state index contributed by atoms with van der Waals surface area (Å²) in [7, 11) is 0. The Morgan fingerprint density at radius 1 is 0.364 bits per heavy atom. The topological polar surface area (TPSA) is 3.24 Å². The molecule has 258 valence electrons. The molecule has 0 atom stereocenters. The lowest BCUT2D eigenvalue weighted by Gasteiger charge is -2.34. The lowest BCUT2D eigenvalue weighted by atomic mass is 9.67. The molecule has 2 heteroatoms. The van der Waals surface area contributed by atoms with Crippen molar-refractivity contribution in [3.05, 3.63) is 235 Å². The molecule has 0 bridgehead atoms. The third-order valence-corrected chi connectivity index (χ3v) is 12.7. The van der Waals surface area contributed by atoms with Gasteiger partial charge in [0, 0.05) is 42.3 Å². The molecule has 0 radical (unpaired) electrons. The van der Waals surface area contributed by atoms with Crippen molar-refractivity contribution in [1.82, 2.24) is 0 Å². The number of nitrogens with zero attached hydrogens (tertiary/aromatic N) is 1. The Morgan fingerprint density at radius 3 is 1.56 bits per heavy atom. The fraction of sp³-hybridized carbons (Fsp3) is 0.0189. The van der Waals surface area contributed by atoms with Crippen LogP contribution in [0.15, 0.2) is 212 Å². The second-order valence-corrected chi connectivity index (χ2v) is 15.5. The molecule has 9 aromatic carbocycles. The van der Waals surface area contributed by atoms with Crippen LogP contribution in [0.25, 0.3) is 53.2 Å². The highest BCUT2D eigenvalue weighted by molar-refractivity contribution is 7.26. The van der Waals surface area contributed by atoms with Crippen molar-refractivity contribution in [2.24, 2.45) is 0 Å². The van der Waals surface area contributed by atoms with Crippen LogP contribution in [0.4, 0.5) is 17.1 Å². The molecule has 0 fully saturated rings. The fourth-order valence-electron chi connectivity index (χ4n) is 9.15. The molecule has 0 unspecified atom stereocenters. The standard InChI is InChI=1S/C53H35NS/c1-5-17-38(18-6-1)53(39-19-7-2-8-20-39)48-28-16-15-25-42(48)43-31-29-37(34-49(43)53)36-30-32-51-46(33-36)47-35-50(44-26-13-14-27-45(44)52(47)55-51)54(40-21-9-3-10-22-40)41-23-11-4-12-24-41/h1-35H. The Morgan fingerprint density at radius 2 is 0.891 bits per heavy atom. The van der Waals surface area contributed by atoms with Gasteiger partial charge in [-0.3, -0.25) is 0 Å². The van der Waals surface area contributed by atoms with Crippen molar-refractivity contribution < 1.29 is 0 Å². The van der Waals surface area contributed by atoms with Gasteiger partial charge in [0.15, 0.2) is 0 Å². The van der Waals surface area contributed by atoms with Crippen LogP contribution in [-0.4, -0.2) is 0 Å². The van der Waals surface area contributed by atoms with Gasteiger partial charge in [-0.15, -0.1) is 11.3 Å². The summed E-state index contributed by atoms with van der Waals surface area (Å²) >= 11 is 1.89. The zero-order valence-corrected chi connectivity index (χ0v) is 30.9. The first-order valence-electron chi connectivity index (χ1n) is 18.9. The Bertz CT molecular complexity index is 2940. The van der Waals surface area contributed by atoms with Crippen molar-refractivity contribution in [2.45, 2.75) is 5.41 Å². The molecule has 1 aromatic heterocycles.